The van der Waals surface area contributed by atoms with Gasteiger partial charge < -0.3 is 9.84 Å². The Morgan fingerprint density at radius 1 is 1.35 bits per heavy atom. The molecule has 0 aromatic carbocycles. The lowest BCUT2D eigenvalue weighted by molar-refractivity contribution is -0.139. The number of hydrogen-bond acceptors (Lipinski definition) is 3. The number of fused-ring (bicyclic) bond motifs is 1. The average Bonchev–Trinajstić information content (AvgIpc) is 2.89. The molecule has 0 radical (unpaired) electrons. The second kappa shape index (κ2) is 5.18. The fraction of sp³-hybridized carbons (Fsp3) is 0.824. The second-order valence-corrected chi connectivity index (χ2v) is 7.26. The van der Waals surface area contributed by atoms with Crippen LogP contribution in [0.5, 0.6) is 0 Å². The number of hydrogen-bond donors (Lipinski definition) is 1. The third-order valence-corrected chi connectivity index (χ3v) is 6.16. The molecule has 0 aromatic heterocycles. The number of cyclic esters (lactones) is 1. The first-order valence-electron chi connectivity index (χ1n) is 8.07. The Bertz CT molecular complexity index is 400. The normalized spacial score (nSPS) is 44.5. The molecule has 5 unspecified atom stereocenters. The number of carbonyl (C=O) groups excluding carboxylic acids is 1. The van der Waals surface area contributed by atoms with E-state index >= 15 is 0 Å². The van der Waals surface area contributed by atoms with Gasteiger partial charge in [-0.15, -0.1) is 0 Å². The number of aliphatic hydroxyl groups excluding tert-OH is 1. The first-order chi connectivity index (χ1) is 9.50. The second-order valence-electron chi connectivity index (χ2n) is 7.26. The van der Waals surface area contributed by atoms with Crippen LogP contribution in [0.1, 0.15) is 58.3 Å². The maximum absolute atomic E-state index is 11.4. The van der Waals surface area contributed by atoms with Gasteiger partial charge in [-0.1, -0.05) is 19.9 Å². The van der Waals surface area contributed by atoms with E-state index in [4.69, 9.17) is 4.74 Å². The van der Waals surface area contributed by atoms with E-state index in [0.717, 1.165) is 25.7 Å². The number of esters is 1. The van der Waals surface area contributed by atoms with Gasteiger partial charge >= 0.3 is 5.97 Å². The predicted molar refractivity (Wildman–Crippen MR) is 77.0 cm³/mol. The molecule has 0 bridgehead atoms. The summed E-state index contributed by atoms with van der Waals surface area (Å²) >= 11 is 0. The Kier molecular flexibility index (Phi) is 3.65. The molecule has 112 valence electrons. The van der Waals surface area contributed by atoms with Gasteiger partial charge in [0.1, 0.15) is 6.10 Å². The van der Waals surface area contributed by atoms with Crippen molar-refractivity contribution < 1.29 is 14.6 Å². The van der Waals surface area contributed by atoms with Crippen molar-refractivity contribution in [3.8, 4) is 0 Å². The van der Waals surface area contributed by atoms with Crippen LogP contribution in [-0.2, 0) is 9.53 Å². The van der Waals surface area contributed by atoms with E-state index in [0.29, 0.717) is 29.2 Å². The Morgan fingerprint density at radius 3 is 2.85 bits per heavy atom. The highest BCUT2D eigenvalue weighted by Crippen LogP contribution is 2.57. The lowest BCUT2D eigenvalue weighted by Crippen LogP contribution is -2.39. The lowest BCUT2D eigenvalue weighted by atomic mass is 9.63. The van der Waals surface area contributed by atoms with E-state index in [1.807, 2.05) is 0 Å². The highest BCUT2D eigenvalue weighted by atomic mass is 16.5. The predicted octanol–water partition coefficient (Wildman–Crippen LogP) is 3.22. The molecule has 3 rings (SSSR count). The molecule has 20 heavy (non-hydrogen) atoms. The number of carbonyl (C=O) groups is 1. The maximum Gasteiger partial charge on any atom is 0.333 e. The Morgan fingerprint density at radius 2 is 2.15 bits per heavy atom. The van der Waals surface area contributed by atoms with Gasteiger partial charge in [-0.2, -0.15) is 0 Å². The van der Waals surface area contributed by atoms with Crippen molar-refractivity contribution in [2.75, 3.05) is 0 Å². The van der Waals surface area contributed by atoms with Gasteiger partial charge in [-0.25, -0.2) is 4.79 Å². The minimum Gasteiger partial charge on any atom is -0.459 e. The van der Waals surface area contributed by atoms with Crippen LogP contribution in [0.2, 0.25) is 0 Å². The smallest absolute Gasteiger partial charge is 0.333 e. The number of rotatable bonds is 3. The zero-order valence-corrected chi connectivity index (χ0v) is 12.4. The number of aliphatic hydroxyl groups is 1. The van der Waals surface area contributed by atoms with E-state index in [9.17, 15) is 9.90 Å². The van der Waals surface area contributed by atoms with Crippen LogP contribution in [0.15, 0.2) is 12.2 Å². The third-order valence-electron chi connectivity index (χ3n) is 6.16. The van der Waals surface area contributed by atoms with Gasteiger partial charge in [0.15, 0.2) is 0 Å². The van der Waals surface area contributed by atoms with E-state index < -0.39 is 0 Å². The molecule has 0 spiro atoms. The minimum absolute atomic E-state index is 0.0474. The van der Waals surface area contributed by atoms with E-state index in [1.165, 1.54) is 19.3 Å². The van der Waals surface area contributed by atoms with Crippen molar-refractivity contribution >= 4 is 5.97 Å². The van der Waals surface area contributed by atoms with Crippen LogP contribution < -0.4 is 0 Å². The van der Waals surface area contributed by atoms with Crippen molar-refractivity contribution in [1.29, 1.82) is 0 Å². The van der Waals surface area contributed by atoms with Gasteiger partial charge in [0.05, 0.1) is 6.10 Å². The summed E-state index contributed by atoms with van der Waals surface area (Å²) in [5, 5.41) is 10.2. The third kappa shape index (κ3) is 2.30. The molecule has 3 nitrogen and oxygen atoms in total. The zero-order chi connectivity index (χ0) is 14.3. The Balaban J connectivity index is 1.58. The van der Waals surface area contributed by atoms with Crippen molar-refractivity contribution in [3.05, 3.63) is 12.2 Å². The van der Waals surface area contributed by atoms with E-state index in [-0.39, 0.29) is 18.2 Å². The summed E-state index contributed by atoms with van der Waals surface area (Å²) in [5.74, 6) is 0.955. The molecule has 0 amide bonds. The van der Waals surface area contributed by atoms with Crippen molar-refractivity contribution in [3.63, 3.8) is 0 Å². The molecule has 1 N–H and O–H groups in total. The molecule has 1 heterocycles. The van der Waals surface area contributed by atoms with Crippen LogP contribution in [0, 0.1) is 17.3 Å². The molecule has 3 fully saturated rings. The SMILES string of the molecule is C=C1CC(CCC2CCC3C(O)CCCC23C)OC1=O. The maximum atomic E-state index is 11.4. The van der Waals surface area contributed by atoms with Crippen LogP contribution in [-0.4, -0.2) is 23.3 Å². The Hall–Kier alpha value is -0.830. The molecule has 5 atom stereocenters. The molecule has 3 heteroatoms. The standard InChI is InChI=1S/C17H26O3/c1-11-10-13(20-16(11)19)7-5-12-6-8-14-15(18)4-3-9-17(12,14)2/h12-15,18H,1,3-10H2,2H3. The first kappa shape index (κ1) is 14.1. The van der Waals surface area contributed by atoms with Crippen LogP contribution >= 0.6 is 0 Å². The zero-order valence-electron chi connectivity index (χ0n) is 12.4. The first-order valence-corrected chi connectivity index (χ1v) is 8.07. The molecule has 0 aromatic rings. The average molecular weight is 278 g/mol. The molecular formula is C17H26O3. The summed E-state index contributed by atoms with van der Waals surface area (Å²) in [7, 11) is 0. The van der Waals surface area contributed by atoms with Crippen molar-refractivity contribution in [2.45, 2.75) is 70.5 Å². The summed E-state index contributed by atoms with van der Waals surface area (Å²) in [6.45, 7) is 6.12. The minimum atomic E-state index is -0.210. The largest absolute Gasteiger partial charge is 0.459 e. The molecule has 1 aliphatic heterocycles. The monoisotopic (exact) mass is 278 g/mol. The highest BCUT2D eigenvalue weighted by Gasteiger charge is 2.50. The van der Waals surface area contributed by atoms with Gasteiger partial charge in [0, 0.05) is 12.0 Å². The van der Waals surface area contributed by atoms with Crippen LogP contribution in [0.3, 0.4) is 0 Å². The summed E-state index contributed by atoms with van der Waals surface area (Å²) in [4.78, 5) is 11.4. The van der Waals surface area contributed by atoms with Crippen molar-refractivity contribution in [1.82, 2.24) is 0 Å². The van der Waals surface area contributed by atoms with Gasteiger partial charge in [-0.05, 0) is 55.8 Å². The van der Waals surface area contributed by atoms with Gasteiger partial charge in [-0.3, -0.25) is 0 Å². The van der Waals surface area contributed by atoms with Gasteiger partial charge in [0.2, 0.25) is 0 Å². The van der Waals surface area contributed by atoms with Crippen LogP contribution in [0.25, 0.3) is 0 Å². The molecule has 1 saturated heterocycles. The fourth-order valence-electron chi connectivity index (χ4n) is 4.91. The molecule has 3 aliphatic rings. The van der Waals surface area contributed by atoms with Gasteiger partial charge in [0.25, 0.3) is 0 Å². The number of ether oxygens (including phenoxy) is 1. The van der Waals surface area contributed by atoms with E-state index in [1.54, 1.807) is 0 Å². The van der Waals surface area contributed by atoms with Crippen molar-refractivity contribution in [2.24, 2.45) is 17.3 Å². The quantitative estimate of drug-likeness (QED) is 0.637. The molecule has 2 aliphatic carbocycles. The van der Waals surface area contributed by atoms with E-state index in [2.05, 4.69) is 13.5 Å². The summed E-state index contributed by atoms with van der Waals surface area (Å²) in [6, 6.07) is 0. The Labute approximate surface area is 121 Å². The summed E-state index contributed by atoms with van der Waals surface area (Å²) in [6.07, 6.45) is 8.49. The molecular weight excluding hydrogens is 252 g/mol. The lowest BCUT2D eigenvalue weighted by Gasteiger charge is -2.43. The van der Waals surface area contributed by atoms with Crippen LogP contribution in [0.4, 0.5) is 0 Å². The topological polar surface area (TPSA) is 46.5 Å². The highest BCUT2D eigenvalue weighted by molar-refractivity contribution is 5.89. The summed E-state index contributed by atoms with van der Waals surface area (Å²) < 4.78 is 5.34. The fourth-order valence-corrected chi connectivity index (χ4v) is 4.91. The molecule has 2 saturated carbocycles. The summed E-state index contributed by atoms with van der Waals surface area (Å²) in [5.41, 5.74) is 0.927.